The van der Waals surface area contributed by atoms with Crippen molar-refractivity contribution in [1.82, 2.24) is 0 Å². The van der Waals surface area contributed by atoms with Gasteiger partial charge in [0, 0.05) is 35.2 Å². The van der Waals surface area contributed by atoms with E-state index < -0.39 is 0 Å². The normalized spacial score (nSPS) is 19.5. The highest BCUT2D eigenvalue weighted by Gasteiger charge is 2.20. The molecule has 1 aliphatic rings. The number of hydrogen-bond acceptors (Lipinski definition) is 4. The average Bonchev–Trinajstić information content (AvgIpc) is 2.98. The highest BCUT2D eigenvalue weighted by molar-refractivity contribution is 6.30. The molecule has 21 heavy (non-hydrogen) atoms. The second kappa shape index (κ2) is 7.87. The van der Waals surface area contributed by atoms with Gasteiger partial charge in [-0.05, 0) is 25.3 Å². The molecule has 0 aromatic heterocycles. The van der Waals surface area contributed by atoms with E-state index >= 15 is 0 Å². The lowest BCUT2D eigenvalue weighted by molar-refractivity contribution is 0.165. The van der Waals surface area contributed by atoms with Crippen LogP contribution in [-0.4, -0.2) is 33.0 Å². The third kappa shape index (κ3) is 4.50. The van der Waals surface area contributed by atoms with Gasteiger partial charge >= 0.3 is 0 Å². The van der Waals surface area contributed by atoms with Crippen LogP contribution >= 0.6 is 11.6 Å². The molecule has 0 spiro atoms. The van der Waals surface area contributed by atoms with Gasteiger partial charge in [-0.1, -0.05) is 18.5 Å². The van der Waals surface area contributed by atoms with Crippen molar-refractivity contribution < 1.29 is 14.2 Å². The van der Waals surface area contributed by atoms with Crippen molar-refractivity contribution in [3.63, 3.8) is 0 Å². The molecule has 1 fully saturated rings. The van der Waals surface area contributed by atoms with E-state index in [4.69, 9.17) is 31.5 Å². The summed E-state index contributed by atoms with van der Waals surface area (Å²) in [6.07, 6.45) is 2.67. The fraction of sp³-hybridized carbons (Fsp3) is 0.625. The van der Waals surface area contributed by atoms with Crippen molar-refractivity contribution in [3.05, 3.63) is 22.7 Å². The Labute approximate surface area is 131 Å². The Bertz CT molecular complexity index is 461. The lowest BCUT2D eigenvalue weighted by atomic mass is 10.0. The third-order valence-electron chi connectivity index (χ3n) is 3.81. The molecule has 2 rings (SSSR count). The van der Waals surface area contributed by atoms with Crippen molar-refractivity contribution in [2.75, 3.05) is 26.9 Å². The van der Waals surface area contributed by atoms with Gasteiger partial charge in [0.25, 0.3) is 0 Å². The first-order valence-electron chi connectivity index (χ1n) is 7.46. The van der Waals surface area contributed by atoms with Crippen molar-refractivity contribution in [1.29, 1.82) is 0 Å². The average molecular weight is 314 g/mol. The summed E-state index contributed by atoms with van der Waals surface area (Å²) in [6, 6.07) is 3.79. The van der Waals surface area contributed by atoms with E-state index in [0.29, 0.717) is 23.3 Å². The second-order valence-electron chi connectivity index (χ2n) is 5.51. The first-order valence-corrected chi connectivity index (χ1v) is 7.84. The summed E-state index contributed by atoms with van der Waals surface area (Å²) in [5.74, 6) is 1.87. The Hall–Kier alpha value is -0.970. The molecule has 0 radical (unpaired) electrons. The number of ether oxygens (including phenoxy) is 3. The fourth-order valence-electron chi connectivity index (χ4n) is 2.43. The lowest BCUT2D eigenvalue weighted by Crippen LogP contribution is -2.22. The molecular weight excluding hydrogens is 290 g/mol. The standard InChI is InChI=1S/C16H24ClNO3/c1-3-14(18)7-12-6-13(17)8-15(19-2)16(12)21-10-11-4-5-20-9-11/h6,8,11,14H,3-5,7,9-10,18H2,1-2H3. The Morgan fingerprint density at radius 1 is 1.48 bits per heavy atom. The molecule has 2 N–H and O–H groups in total. The van der Waals surface area contributed by atoms with Crippen molar-refractivity contribution >= 4 is 11.6 Å². The van der Waals surface area contributed by atoms with E-state index in [0.717, 1.165) is 43.8 Å². The minimum atomic E-state index is 0.0883. The number of rotatable bonds is 7. The van der Waals surface area contributed by atoms with Crippen LogP contribution in [0.1, 0.15) is 25.3 Å². The zero-order chi connectivity index (χ0) is 15.2. The molecule has 4 nitrogen and oxygen atoms in total. The van der Waals surface area contributed by atoms with Crippen LogP contribution in [0.4, 0.5) is 0 Å². The molecule has 0 amide bonds. The number of methoxy groups -OCH3 is 1. The molecular formula is C16H24ClNO3. The fourth-order valence-corrected chi connectivity index (χ4v) is 2.66. The molecule has 0 aliphatic carbocycles. The van der Waals surface area contributed by atoms with E-state index in [1.807, 2.05) is 6.07 Å². The predicted molar refractivity (Wildman–Crippen MR) is 84.4 cm³/mol. The van der Waals surface area contributed by atoms with Gasteiger partial charge in [-0.2, -0.15) is 0 Å². The Balaban J connectivity index is 2.17. The third-order valence-corrected chi connectivity index (χ3v) is 4.03. The molecule has 1 aromatic rings. The molecule has 0 saturated carbocycles. The van der Waals surface area contributed by atoms with Gasteiger partial charge in [0.1, 0.15) is 0 Å². The molecule has 2 unspecified atom stereocenters. The zero-order valence-electron chi connectivity index (χ0n) is 12.7. The van der Waals surface area contributed by atoms with E-state index in [2.05, 4.69) is 6.92 Å². The summed E-state index contributed by atoms with van der Waals surface area (Å²) in [6.45, 7) is 4.29. The van der Waals surface area contributed by atoms with Crippen LogP contribution in [0, 0.1) is 5.92 Å². The van der Waals surface area contributed by atoms with E-state index in [1.54, 1.807) is 13.2 Å². The minimum absolute atomic E-state index is 0.0883. The molecule has 2 atom stereocenters. The van der Waals surface area contributed by atoms with Gasteiger partial charge in [-0.25, -0.2) is 0 Å². The number of benzene rings is 1. The quantitative estimate of drug-likeness (QED) is 0.840. The van der Waals surface area contributed by atoms with Gasteiger partial charge in [-0.15, -0.1) is 0 Å². The number of hydrogen-bond donors (Lipinski definition) is 1. The Morgan fingerprint density at radius 2 is 2.29 bits per heavy atom. The first-order chi connectivity index (χ1) is 10.1. The van der Waals surface area contributed by atoms with Crippen LogP contribution in [-0.2, 0) is 11.2 Å². The smallest absolute Gasteiger partial charge is 0.164 e. The van der Waals surface area contributed by atoms with Crippen molar-refractivity contribution in [2.24, 2.45) is 11.7 Å². The van der Waals surface area contributed by atoms with E-state index in [9.17, 15) is 0 Å². The van der Waals surface area contributed by atoms with Gasteiger partial charge in [0.05, 0.1) is 20.3 Å². The van der Waals surface area contributed by atoms with Crippen LogP contribution in [0.2, 0.25) is 5.02 Å². The summed E-state index contributed by atoms with van der Waals surface area (Å²) in [5, 5.41) is 0.640. The summed E-state index contributed by atoms with van der Waals surface area (Å²) < 4.78 is 16.8. The molecule has 1 aromatic carbocycles. The van der Waals surface area contributed by atoms with Crippen LogP contribution in [0.5, 0.6) is 11.5 Å². The van der Waals surface area contributed by atoms with E-state index in [-0.39, 0.29) is 6.04 Å². The minimum Gasteiger partial charge on any atom is -0.493 e. The van der Waals surface area contributed by atoms with Gasteiger partial charge in [0.2, 0.25) is 0 Å². The molecule has 1 heterocycles. The Morgan fingerprint density at radius 3 is 2.90 bits per heavy atom. The van der Waals surface area contributed by atoms with E-state index in [1.165, 1.54) is 0 Å². The van der Waals surface area contributed by atoms with Crippen molar-refractivity contribution in [3.8, 4) is 11.5 Å². The molecule has 5 heteroatoms. The summed E-state index contributed by atoms with van der Waals surface area (Å²) >= 11 is 6.16. The van der Waals surface area contributed by atoms with Crippen LogP contribution in [0.3, 0.4) is 0 Å². The van der Waals surface area contributed by atoms with Gasteiger partial charge in [0.15, 0.2) is 11.5 Å². The highest BCUT2D eigenvalue weighted by Crippen LogP contribution is 2.36. The van der Waals surface area contributed by atoms with Gasteiger partial charge in [-0.3, -0.25) is 0 Å². The highest BCUT2D eigenvalue weighted by atomic mass is 35.5. The molecule has 1 saturated heterocycles. The van der Waals surface area contributed by atoms with Crippen molar-refractivity contribution in [2.45, 2.75) is 32.2 Å². The van der Waals surface area contributed by atoms with Crippen LogP contribution in [0.15, 0.2) is 12.1 Å². The summed E-state index contributed by atoms with van der Waals surface area (Å²) in [4.78, 5) is 0. The largest absolute Gasteiger partial charge is 0.493 e. The maximum atomic E-state index is 6.16. The maximum absolute atomic E-state index is 6.16. The SMILES string of the molecule is CCC(N)Cc1cc(Cl)cc(OC)c1OCC1CCOC1. The molecule has 118 valence electrons. The monoisotopic (exact) mass is 313 g/mol. The molecule has 1 aliphatic heterocycles. The lowest BCUT2D eigenvalue weighted by Gasteiger charge is -2.19. The topological polar surface area (TPSA) is 53.7 Å². The summed E-state index contributed by atoms with van der Waals surface area (Å²) in [5.41, 5.74) is 7.08. The van der Waals surface area contributed by atoms with Gasteiger partial charge < -0.3 is 19.9 Å². The zero-order valence-corrected chi connectivity index (χ0v) is 13.5. The second-order valence-corrected chi connectivity index (χ2v) is 5.95. The number of halogens is 1. The molecule has 0 bridgehead atoms. The Kier molecular flexibility index (Phi) is 6.15. The first kappa shape index (κ1) is 16.4. The predicted octanol–water partition coefficient (Wildman–Crippen LogP) is 3.04. The maximum Gasteiger partial charge on any atom is 0.164 e. The number of nitrogens with two attached hydrogens (primary N) is 1. The van der Waals surface area contributed by atoms with Crippen LogP contribution < -0.4 is 15.2 Å². The van der Waals surface area contributed by atoms with Crippen LogP contribution in [0.25, 0.3) is 0 Å². The summed E-state index contributed by atoms with van der Waals surface area (Å²) in [7, 11) is 1.63.